The Morgan fingerprint density at radius 2 is 1.94 bits per heavy atom. The molecule has 4 aliphatic carbocycles. The van der Waals surface area contributed by atoms with Crippen LogP contribution in [-0.2, 0) is 9.53 Å². The van der Waals surface area contributed by atoms with Crippen molar-refractivity contribution in [1.29, 1.82) is 0 Å². The minimum Gasteiger partial charge on any atom is -0.458 e. The zero-order chi connectivity index (χ0) is 11.4. The molecule has 4 nitrogen and oxygen atoms in total. The summed E-state index contributed by atoms with van der Waals surface area (Å²) >= 11 is 0. The molecule has 4 fully saturated rings. The minimum atomic E-state index is -0.570. The molecule has 16 heavy (non-hydrogen) atoms. The summed E-state index contributed by atoms with van der Waals surface area (Å²) in [5, 5.41) is 10.4. The molecule has 4 atom stereocenters. The maximum absolute atomic E-state index is 11.4. The van der Waals surface area contributed by atoms with Crippen LogP contribution in [0.4, 0.5) is 0 Å². The lowest BCUT2D eigenvalue weighted by atomic mass is 9.52. The fraction of sp³-hybridized carbons (Fsp3) is 0.917. The van der Waals surface area contributed by atoms with Gasteiger partial charge in [0.25, 0.3) is 0 Å². The lowest BCUT2D eigenvalue weighted by molar-refractivity contribution is -0.218. The molecular formula is C12H19NO3. The van der Waals surface area contributed by atoms with Crippen LogP contribution in [-0.4, -0.2) is 28.8 Å². The number of carbonyl (C=O) groups is 1. The normalized spacial score (nSPS) is 49.4. The predicted octanol–water partition coefficient (Wildman–Crippen LogP) is 0.572. The van der Waals surface area contributed by atoms with Gasteiger partial charge in [0.2, 0.25) is 0 Å². The second kappa shape index (κ2) is 3.20. The molecule has 4 saturated carbocycles. The summed E-state index contributed by atoms with van der Waals surface area (Å²) < 4.78 is 5.54. The zero-order valence-corrected chi connectivity index (χ0v) is 9.45. The second-order valence-electron chi connectivity index (χ2n) is 6.05. The lowest BCUT2D eigenvalue weighted by Crippen LogP contribution is -2.60. The largest absolute Gasteiger partial charge is 0.458 e. The van der Waals surface area contributed by atoms with Crippen LogP contribution in [0, 0.1) is 11.8 Å². The van der Waals surface area contributed by atoms with Crippen molar-refractivity contribution in [3.8, 4) is 0 Å². The Morgan fingerprint density at radius 1 is 1.31 bits per heavy atom. The Hall–Kier alpha value is -0.610. The van der Waals surface area contributed by atoms with Crippen molar-refractivity contribution in [2.24, 2.45) is 17.6 Å². The summed E-state index contributed by atoms with van der Waals surface area (Å²) in [4.78, 5) is 11.4. The van der Waals surface area contributed by atoms with Crippen LogP contribution in [0.15, 0.2) is 0 Å². The quantitative estimate of drug-likeness (QED) is 0.674. The Labute approximate surface area is 95.1 Å². The van der Waals surface area contributed by atoms with E-state index in [1.807, 2.05) is 0 Å². The topological polar surface area (TPSA) is 72.6 Å². The first-order chi connectivity index (χ1) is 7.53. The molecule has 4 aliphatic rings. The highest BCUT2D eigenvalue weighted by Gasteiger charge is 2.59. The van der Waals surface area contributed by atoms with E-state index in [2.05, 4.69) is 0 Å². The first kappa shape index (κ1) is 10.5. The van der Waals surface area contributed by atoms with Gasteiger partial charge in [-0.3, -0.25) is 4.79 Å². The second-order valence-corrected chi connectivity index (χ2v) is 6.05. The summed E-state index contributed by atoms with van der Waals surface area (Å²) in [6, 6.07) is 0. The standard InChI is InChI=1S/C12H19NO3/c13-6-10(14)16-12-4-8-1-9(5-12)3-11(15,2-8)7-12/h8-9,15H,1-7,13H2/t8-,9+,11?,12?. The summed E-state index contributed by atoms with van der Waals surface area (Å²) in [7, 11) is 0. The molecule has 0 aliphatic heterocycles. The van der Waals surface area contributed by atoms with Gasteiger partial charge in [-0.25, -0.2) is 0 Å². The van der Waals surface area contributed by atoms with Crippen LogP contribution >= 0.6 is 0 Å². The van der Waals surface area contributed by atoms with Crippen LogP contribution in [0.3, 0.4) is 0 Å². The number of ether oxygens (including phenoxy) is 1. The average molecular weight is 225 g/mol. The fourth-order valence-electron chi connectivity index (χ4n) is 4.53. The van der Waals surface area contributed by atoms with E-state index in [9.17, 15) is 9.90 Å². The van der Waals surface area contributed by atoms with Gasteiger partial charge in [0.05, 0.1) is 12.1 Å². The minimum absolute atomic E-state index is 0.0600. The van der Waals surface area contributed by atoms with Gasteiger partial charge in [-0.15, -0.1) is 0 Å². The smallest absolute Gasteiger partial charge is 0.320 e. The number of carbonyl (C=O) groups excluding carboxylic acids is 1. The van der Waals surface area contributed by atoms with Crippen molar-refractivity contribution in [2.75, 3.05) is 6.54 Å². The van der Waals surface area contributed by atoms with Gasteiger partial charge in [0.1, 0.15) is 5.60 Å². The number of esters is 1. The van der Waals surface area contributed by atoms with Crippen molar-refractivity contribution in [1.82, 2.24) is 0 Å². The van der Waals surface area contributed by atoms with E-state index < -0.39 is 11.2 Å². The highest BCUT2D eigenvalue weighted by atomic mass is 16.6. The Morgan fingerprint density at radius 3 is 2.44 bits per heavy atom. The highest BCUT2D eigenvalue weighted by molar-refractivity contribution is 5.72. The van der Waals surface area contributed by atoms with Gasteiger partial charge < -0.3 is 15.6 Å². The van der Waals surface area contributed by atoms with E-state index in [0.717, 1.165) is 25.7 Å². The molecule has 0 amide bonds. The molecule has 0 radical (unpaired) electrons. The third kappa shape index (κ3) is 1.55. The van der Waals surface area contributed by atoms with Gasteiger partial charge in [-0.2, -0.15) is 0 Å². The summed E-state index contributed by atoms with van der Waals surface area (Å²) in [5.74, 6) is 0.749. The van der Waals surface area contributed by atoms with E-state index in [1.54, 1.807) is 0 Å². The van der Waals surface area contributed by atoms with Crippen LogP contribution in [0.1, 0.15) is 38.5 Å². The van der Waals surface area contributed by atoms with Crippen LogP contribution in [0.2, 0.25) is 0 Å². The number of hydrogen-bond acceptors (Lipinski definition) is 4. The fourth-order valence-corrected chi connectivity index (χ4v) is 4.53. The first-order valence-corrected chi connectivity index (χ1v) is 6.17. The lowest BCUT2D eigenvalue weighted by Gasteiger charge is -2.59. The van der Waals surface area contributed by atoms with Crippen molar-refractivity contribution in [3.63, 3.8) is 0 Å². The van der Waals surface area contributed by atoms with E-state index in [1.165, 1.54) is 6.42 Å². The predicted molar refractivity (Wildman–Crippen MR) is 57.5 cm³/mol. The molecule has 0 spiro atoms. The third-order valence-electron chi connectivity index (χ3n) is 4.47. The van der Waals surface area contributed by atoms with Gasteiger partial charge in [-0.1, -0.05) is 0 Å². The molecule has 0 aromatic carbocycles. The van der Waals surface area contributed by atoms with Crippen LogP contribution in [0.5, 0.6) is 0 Å². The van der Waals surface area contributed by atoms with Crippen molar-refractivity contribution >= 4 is 5.97 Å². The van der Waals surface area contributed by atoms with E-state index in [-0.39, 0.29) is 12.5 Å². The Bertz CT molecular complexity index is 314. The van der Waals surface area contributed by atoms with Gasteiger partial charge in [0.15, 0.2) is 0 Å². The average Bonchev–Trinajstić information content (AvgIpc) is 2.12. The molecule has 4 bridgehead atoms. The molecule has 90 valence electrons. The molecule has 3 N–H and O–H groups in total. The van der Waals surface area contributed by atoms with Gasteiger partial charge in [0, 0.05) is 6.42 Å². The molecule has 4 rings (SSSR count). The Kier molecular flexibility index (Phi) is 2.11. The van der Waals surface area contributed by atoms with Crippen LogP contribution < -0.4 is 5.73 Å². The van der Waals surface area contributed by atoms with Crippen molar-refractivity contribution < 1.29 is 14.6 Å². The zero-order valence-electron chi connectivity index (χ0n) is 9.45. The van der Waals surface area contributed by atoms with E-state index in [0.29, 0.717) is 18.3 Å². The van der Waals surface area contributed by atoms with Gasteiger partial charge in [-0.05, 0) is 43.9 Å². The molecule has 2 unspecified atom stereocenters. The summed E-state index contributed by atoms with van der Waals surface area (Å²) in [5.41, 5.74) is 4.33. The summed E-state index contributed by atoms with van der Waals surface area (Å²) in [6.07, 6.45) is 5.47. The maximum atomic E-state index is 11.4. The molecule has 0 aromatic rings. The highest BCUT2D eigenvalue weighted by Crippen LogP contribution is 2.58. The molecular weight excluding hydrogens is 206 g/mol. The van der Waals surface area contributed by atoms with E-state index in [4.69, 9.17) is 10.5 Å². The maximum Gasteiger partial charge on any atom is 0.320 e. The molecule has 0 saturated heterocycles. The SMILES string of the molecule is NCC(=O)OC12C[C@@H]3C[C@@H](CC(O)(C3)C1)C2. The van der Waals surface area contributed by atoms with Crippen molar-refractivity contribution in [2.45, 2.75) is 49.7 Å². The molecule has 0 heterocycles. The number of nitrogens with two attached hydrogens (primary N) is 1. The number of rotatable bonds is 2. The molecule has 4 heteroatoms. The summed E-state index contributed by atoms with van der Waals surface area (Å²) in [6.45, 7) is -0.0600. The molecule has 0 aromatic heterocycles. The van der Waals surface area contributed by atoms with Crippen molar-refractivity contribution in [3.05, 3.63) is 0 Å². The number of aliphatic hydroxyl groups is 1. The Balaban J connectivity index is 1.83. The van der Waals surface area contributed by atoms with Crippen LogP contribution in [0.25, 0.3) is 0 Å². The first-order valence-electron chi connectivity index (χ1n) is 6.17. The monoisotopic (exact) mass is 225 g/mol. The van der Waals surface area contributed by atoms with E-state index >= 15 is 0 Å². The third-order valence-corrected chi connectivity index (χ3v) is 4.47. The van der Waals surface area contributed by atoms with Gasteiger partial charge >= 0.3 is 5.97 Å². The number of hydrogen-bond donors (Lipinski definition) is 2.